The van der Waals surface area contributed by atoms with Gasteiger partial charge in [0.2, 0.25) is 0 Å². The van der Waals surface area contributed by atoms with Gasteiger partial charge in [-0.3, -0.25) is 4.79 Å². The van der Waals surface area contributed by atoms with Crippen LogP contribution >= 0.6 is 0 Å². The lowest BCUT2D eigenvalue weighted by Crippen LogP contribution is -2.38. The van der Waals surface area contributed by atoms with Crippen LogP contribution < -0.4 is 0 Å². The third-order valence-electron chi connectivity index (χ3n) is 3.27. The zero-order valence-electron chi connectivity index (χ0n) is 12.4. The van der Waals surface area contributed by atoms with Crippen LogP contribution in [0.3, 0.4) is 0 Å². The second-order valence-electron chi connectivity index (χ2n) is 6.25. The van der Waals surface area contributed by atoms with Crippen LogP contribution in [0.5, 0.6) is 0 Å². The molecule has 2 atom stereocenters. The Morgan fingerprint density at radius 2 is 2.00 bits per heavy atom. The molecule has 1 unspecified atom stereocenters. The number of ether oxygens (including phenoxy) is 1. The largest absolute Gasteiger partial charge is 0.391 e. The standard InChI is InChI=1S/C16H23NO3/c1-16(2,3)20-14(12-7-5-4-6-8-12)15(19)17-10-9-13(18)11-17/h4-8,13-14,18H,9-11H2,1-3H3/t13-,14?/m1/s1. The van der Waals surface area contributed by atoms with Gasteiger partial charge in [-0.2, -0.15) is 0 Å². The zero-order valence-corrected chi connectivity index (χ0v) is 12.4. The van der Waals surface area contributed by atoms with Gasteiger partial charge in [0.25, 0.3) is 5.91 Å². The number of aliphatic hydroxyl groups excluding tert-OH is 1. The van der Waals surface area contributed by atoms with Gasteiger partial charge in [-0.15, -0.1) is 0 Å². The summed E-state index contributed by atoms with van der Waals surface area (Å²) in [6.07, 6.45) is -0.380. The molecule has 0 bridgehead atoms. The molecule has 1 N–H and O–H groups in total. The molecule has 1 fully saturated rings. The first-order valence-corrected chi connectivity index (χ1v) is 7.06. The molecule has 1 aromatic carbocycles. The van der Waals surface area contributed by atoms with Gasteiger partial charge in [-0.25, -0.2) is 0 Å². The molecule has 1 aromatic rings. The maximum absolute atomic E-state index is 12.7. The Bertz CT molecular complexity index is 453. The van der Waals surface area contributed by atoms with Crippen molar-refractivity contribution in [3.8, 4) is 0 Å². The summed E-state index contributed by atoms with van der Waals surface area (Å²) in [5.41, 5.74) is 0.447. The quantitative estimate of drug-likeness (QED) is 0.921. The molecular formula is C16H23NO3. The molecule has 1 amide bonds. The van der Waals surface area contributed by atoms with Crippen LogP contribution in [0, 0.1) is 0 Å². The number of benzene rings is 1. The van der Waals surface area contributed by atoms with Crippen molar-refractivity contribution in [1.82, 2.24) is 4.90 Å². The second-order valence-corrected chi connectivity index (χ2v) is 6.25. The molecule has 2 rings (SSSR count). The number of hydrogen-bond donors (Lipinski definition) is 1. The Balaban J connectivity index is 2.20. The summed E-state index contributed by atoms with van der Waals surface area (Å²) in [6.45, 7) is 6.81. The van der Waals surface area contributed by atoms with Gasteiger partial charge >= 0.3 is 0 Å². The van der Waals surface area contributed by atoms with E-state index in [-0.39, 0.29) is 5.91 Å². The van der Waals surface area contributed by atoms with E-state index in [1.165, 1.54) is 0 Å². The van der Waals surface area contributed by atoms with E-state index in [0.717, 1.165) is 5.56 Å². The van der Waals surface area contributed by atoms with Crippen LogP contribution in [-0.4, -0.2) is 40.7 Å². The smallest absolute Gasteiger partial charge is 0.256 e. The Morgan fingerprint density at radius 3 is 2.50 bits per heavy atom. The van der Waals surface area contributed by atoms with Gasteiger partial charge in [0.1, 0.15) is 0 Å². The highest BCUT2D eigenvalue weighted by Gasteiger charge is 2.33. The van der Waals surface area contributed by atoms with Crippen molar-refractivity contribution in [1.29, 1.82) is 0 Å². The molecule has 4 nitrogen and oxygen atoms in total. The molecule has 1 heterocycles. The molecule has 0 aliphatic carbocycles. The number of nitrogens with zero attached hydrogens (tertiary/aromatic N) is 1. The first kappa shape index (κ1) is 15.0. The van der Waals surface area contributed by atoms with Crippen molar-refractivity contribution in [3.05, 3.63) is 35.9 Å². The summed E-state index contributed by atoms with van der Waals surface area (Å²) in [4.78, 5) is 14.3. The van der Waals surface area contributed by atoms with Crippen molar-refractivity contribution < 1.29 is 14.6 Å². The minimum Gasteiger partial charge on any atom is -0.391 e. The third kappa shape index (κ3) is 3.81. The molecule has 20 heavy (non-hydrogen) atoms. The van der Waals surface area contributed by atoms with Crippen molar-refractivity contribution in [2.24, 2.45) is 0 Å². The van der Waals surface area contributed by atoms with Gasteiger partial charge in [0.05, 0.1) is 11.7 Å². The van der Waals surface area contributed by atoms with E-state index in [9.17, 15) is 9.90 Å². The van der Waals surface area contributed by atoms with Gasteiger partial charge in [0.15, 0.2) is 6.10 Å². The van der Waals surface area contributed by atoms with Crippen molar-refractivity contribution >= 4 is 5.91 Å². The molecule has 0 aromatic heterocycles. The average Bonchev–Trinajstić information content (AvgIpc) is 2.82. The minimum absolute atomic E-state index is 0.0670. The highest BCUT2D eigenvalue weighted by atomic mass is 16.5. The number of carbonyl (C=O) groups is 1. The highest BCUT2D eigenvalue weighted by Crippen LogP contribution is 2.27. The fraction of sp³-hybridized carbons (Fsp3) is 0.562. The Labute approximate surface area is 120 Å². The average molecular weight is 277 g/mol. The number of carbonyl (C=O) groups excluding carboxylic acids is 1. The number of rotatable bonds is 3. The van der Waals surface area contributed by atoms with Gasteiger partial charge in [-0.05, 0) is 32.8 Å². The number of likely N-dealkylation sites (tertiary alicyclic amines) is 1. The van der Waals surface area contributed by atoms with Crippen LogP contribution in [0.2, 0.25) is 0 Å². The first-order chi connectivity index (χ1) is 9.37. The SMILES string of the molecule is CC(C)(C)OC(C(=O)N1CC[C@@H](O)C1)c1ccccc1. The fourth-order valence-electron chi connectivity index (χ4n) is 2.35. The molecular weight excluding hydrogens is 254 g/mol. The summed E-state index contributed by atoms with van der Waals surface area (Å²) < 4.78 is 5.96. The molecule has 1 aliphatic heterocycles. The predicted octanol–water partition coefficient (Wildman–Crippen LogP) is 2.14. The monoisotopic (exact) mass is 277 g/mol. The minimum atomic E-state index is -0.610. The number of aliphatic hydroxyl groups is 1. The lowest BCUT2D eigenvalue weighted by Gasteiger charge is -2.30. The lowest BCUT2D eigenvalue weighted by atomic mass is 10.1. The van der Waals surface area contributed by atoms with E-state index in [1.54, 1.807) is 4.90 Å². The van der Waals surface area contributed by atoms with Crippen LogP contribution in [0.15, 0.2) is 30.3 Å². The van der Waals surface area contributed by atoms with Crippen LogP contribution in [-0.2, 0) is 9.53 Å². The zero-order chi connectivity index (χ0) is 14.8. The predicted molar refractivity (Wildman–Crippen MR) is 77.2 cm³/mol. The number of β-amino-alcohol motifs (C(OH)–C–C–N with tert-alkyl or cyclic N) is 1. The van der Waals surface area contributed by atoms with Crippen LogP contribution in [0.25, 0.3) is 0 Å². The molecule has 4 heteroatoms. The second kappa shape index (κ2) is 5.94. The number of hydrogen-bond acceptors (Lipinski definition) is 3. The summed E-state index contributed by atoms with van der Waals surface area (Å²) in [6, 6.07) is 9.53. The summed E-state index contributed by atoms with van der Waals surface area (Å²) >= 11 is 0. The summed E-state index contributed by atoms with van der Waals surface area (Å²) in [5, 5.41) is 9.60. The molecule has 0 saturated carbocycles. The Morgan fingerprint density at radius 1 is 1.35 bits per heavy atom. The molecule has 0 radical (unpaired) electrons. The fourth-order valence-corrected chi connectivity index (χ4v) is 2.35. The summed E-state index contributed by atoms with van der Waals surface area (Å²) in [5.74, 6) is -0.0670. The molecule has 0 spiro atoms. The third-order valence-corrected chi connectivity index (χ3v) is 3.27. The van der Waals surface area contributed by atoms with Gasteiger partial charge < -0.3 is 14.7 Å². The molecule has 1 saturated heterocycles. The van der Waals surface area contributed by atoms with E-state index in [2.05, 4.69) is 0 Å². The topological polar surface area (TPSA) is 49.8 Å². The van der Waals surface area contributed by atoms with Crippen LogP contribution in [0.1, 0.15) is 38.9 Å². The van der Waals surface area contributed by atoms with E-state index in [0.29, 0.717) is 19.5 Å². The summed E-state index contributed by atoms with van der Waals surface area (Å²) in [7, 11) is 0. The van der Waals surface area contributed by atoms with Crippen molar-refractivity contribution in [2.75, 3.05) is 13.1 Å². The van der Waals surface area contributed by atoms with Gasteiger partial charge in [0, 0.05) is 13.1 Å². The number of amides is 1. The van der Waals surface area contributed by atoms with Crippen molar-refractivity contribution in [2.45, 2.75) is 45.0 Å². The first-order valence-electron chi connectivity index (χ1n) is 7.06. The maximum atomic E-state index is 12.7. The maximum Gasteiger partial charge on any atom is 0.256 e. The Hall–Kier alpha value is -1.39. The van der Waals surface area contributed by atoms with E-state index >= 15 is 0 Å². The van der Waals surface area contributed by atoms with E-state index < -0.39 is 17.8 Å². The Kier molecular flexibility index (Phi) is 4.45. The molecule has 110 valence electrons. The van der Waals surface area contributed by atoms with Crippen molar-refractivity contribution in [3.63, 3.8) is 0 Å². The lowest BCUT2D eigenvalue weighted by molar-refractivity contribution is -0.153. The normalized spacial score (nSPS) is 21.0. The van der Waals surface area contributed by atoms with Gasteiger partial charge in [-0.1, -0.05) is 30.3 Å². The molecule has 1 aliphatic rings. The highest BCUT2D eigenvalue weighted by molar-refractivity contribution is 5.82. The van der Waals surface area contributed by atoms with E-state index in [4.69, 9.17) is 4.74 Å². The van der Waals surface area contributed by atoms with E-state index in [1.807, 2.05) is 51.1 Å². The van der Waals surface area contributed by atoms with Crippen LogP contribution in [0.4, 0.5) is 0 Å².